The van der Waals surface area contributed by atoms with E-state index in [0.717, 1.165) is 24.8 Å². The van der Waals surface area contributed by atoms with Gasteiger partial charge in [-0.3, -0.25) is 10.1 Å². The maximum absolute atomic E-state index is 12.7. The van der Waals surface area contributed by atoms with Crippen molar-refractivity contribution in [2.24, 2.45) is 0 Å². The number of amides is 1. The summed E-state index contributed by atoms with van der Waals surface area (Å²) in [5.41, 5.74) is 0.203. The molecule has 0 spiro atoms. The first-order chi connectivity index (χ1) is 10.1. The maximum Gasteiger partial charge on any atom is 0.237 e. The van der Waals surface area contributed by atoms with Gasteiger partial charge in [0, 0.05) is 22.4 Å². The standard InChI is InChI=1S/C15H13Cl2N3O/c16-10-3-4-11(12(17)9-10)15(5-1-6-15)13(21)20-14-18-7-2-8-19-14/h2-4,7-9H,1,5-6H2,(H,18,19,20,21). The Labute approximate surface area is 132 Å². The van der Waals surface area contributed by atoms with Crippen molar-refractivity contribution in [1.29, 1.82) is 0 Å². The lowest BCUT2D eigenvalue weighted by molar-refractivity contribution is -0.124. The van der Waals surface area contributed by atoms with Crippen LogP contribution in [0.3, 0.4) is 0 Å². The zero-order chi connectivity index (χ0) is 14.9. The molecular weight excluding hydrogens is 309 g/mol. The Bertz CT molecular complexity index is 672. The molecular formula is C15H13Cl2N3O. The van der Waals surface area contributed by atoms with Gasteiger partial charge in [0.1, 0.15) is 0 Å². The van der Waals surface area contributed by atoms with Gasteiger partial charge in [-0.25, -0.2) is 9.97 Å². The second kappa shape index (κ2) is 5.62. The predicted molar refractivity (Wildman–Crippen MR) is 82.7 cm³/mol. The Hall–Kier alpha value is -1.65. The summed E-state index contributed by atoms with van der Waals surface area (Å²) >= 11 is 12.2. The van der Waals surface area contributed by atoms with Crippen LogP contribution in [0.1, 0.15) is 24.8 Å². The van der Waals surface area contributed by atoms with Crippen molar-refractivity contribution < 1.29 is 4.79 Å². The van der Waals surface area contributed by atoms with Crippen LogP contribution in [0.15, 0.2) is 36.7 Å². The molecule has 108 valence electrons. The molecule has 6 heteroatoms. The van der Waals surface area contributed by atoms with E-state index in [1.165, 1.54) is 0 Å². The minimum Gasteiger partial charge on any atom is -0.294 e. The fraction of sp³-hybridized carbons (Fsp3) is 0.267. The topological polar surface area (TPSA) is 54.9 Å². The third-order valence-corrected chi connectivity index (χ3v) is 4.43. The lowest BCUT2D eigenvalue weighted by atomic mass is 9.64. The SMILES string of the molecule is O=C(Nc1ncccn1)C1(c2ccc(Cl)cc2Cl)CCC1. The van der Waals surface area contributed by atoms with Crippen molar-refractivity contribution in [2.45, 2.75) is 24.7 Å². The number of hydrogen-bond donors (Lipinski definition) is 1. The van der Waals surface area contributed by atoms with Crippen LogP contribution >= 0.6 is 23.2 Å². The number of hydrogen-bond acceptors (Lipinski definition) is 3. The molecule has 0 aliphatic heterocycles. The molecule has 1 saturated carbocycles. The molecule has 1 aromatic carbocycles. The number of carbonyl (C=O) groups is 1. The van der Waals surface area contributed by atoms with Gasteiger partial charge < -0.3 is 0 Å². The molecule has 3 rings (SSSR count). The molecule has 1 heterocycles. The van der Waals surface area contributed by atoms with Gasteiger partial charge in [-0.05, 0) is 36.6 Å². The first-order valence-electron chi connectivity index (χ1n) is 6.66. The first kappa shape index (κ1) is 14.3. The van der Waals surface area contributed by atoms with Crippen LogP contribution in [-0.4, -0.2) is 15.9 Å². The predicted octanol–water partition coefficient (Wildman–Crippen LogP) is 3.84. The molecule has 0 bridgehead atoms. The summed E-state index contributed by atoms with van der Waals surface area (Å²) in [4.78, 5) is 20.7. The molecule has 0 saturated heterocycles. The highest BCUT2D eigenvalue weighted by atomic mass is 35.5. The second-order valence-corrected chi connectivity index (χ2v) is 5.93. The fourth-order valence-electron chi connectivity index (χ4n) is 2.61. The molecule has 4 nitrogen and oxygen atoms in total. The lowest BCUT2D eigenvalue weighted by Gasteiger charge is -2.41. The number of halogens is 2. The molecule has 1 aromatic heterocycles. The van der Waals surface area contributed by atoms with E-state index in [0.29, 0.717) is 16.0 Å². The van der Waals surface area contributed by atoms with Gasteiger partial charge in [-0.1, -0.05) is 35.7 Å². The van der Waals surface area contributed by atoms with E-state index in [4.69, 9.17) is 23.2 Å². The number of nitrogens with one attached hydrogen (secondary N) is 1. The van der Waals surface area contributed by atoms with E-state index in [1.54, 1.807) is 30.6 Å². The summed E-state index contributed by atoms with van der Waals surface area (Å²) in [5, 5.41) is 3.85. The first-order valence-corrected chi connectivity index (χ1v) is 7.41. The zero-order valence-electron chi connectivity index (χ0n) is 11.1. The summed E-state index contributed by atoms with van der Waals surface area (Å²) in [6.45, 7) is 0. The van der Waals surface area contributed by atoms with Gasteiger partial charge in [0.2, 0.25) is 11.9 Å². The number of aromatic nitrogens is 2. The van der Waals surface area contributed by atoms with Gasteiger partial charge in [-0.15, -0.1) is 0 Å². The molecule has 21 heavy (non-hydrogen) atoms. The van der Waals surface area contributed by atoms with Crippen molar-refractivity contribution in [3.8, 4) is 0 Å². The monoisotopic (exact) mass is 321 g/mol. The Morgan fingerprint density at radius 2 is 1.90 bits per heavy atom. The average Bonchev–Trinajstić information content (AvgIpc) is 2.41. The minimum absolute atomic E-state index is 0.121. The Balaban J connectivity index is 1.91. The zero-order valence-corrected chi connectivity index (χ0v) is 12.7. The summed E-state index contributed by atoms with van der Waals surface area (Å²) in [6, 6.07) is 6.96. The molecule has 1 amide bonds. The maximum atomic E-state index is 12.7. The highest BCUT2D eigenvalue weighted by Crippen LogP contribution is 2.47. The Morgan fingerprint density at radius 1 is 1.19 bits per heavy atom. The Morgan fingerprint density at radius 3 is 2.48 bits per heavy atom. The fourth-order valence-corrected chi connectivity index (χ4v) is 3.20. The van der Waals surface area contributed by atoms with Crippen LogP contribution in [0, 0.1) is 0 Å². The van der Waals surface area contributed by atoms with E-state index < -0.39 is 5.41 Å². The van der Waals surface area contributed by atoms with Gasteiger partial charge in [-0.2, -0.15) is 0 Å². The molecule has 1 N–H and O–H groups in total. The van der Waals surface area contributed by atoms with Gasteiger partial charge >= 0.3 is 0 Å². The lowest BCUT2D eigenvalue weighted by Crippen LogP contribution is -2.46. The van der Waals surface area contributed by atoms with Gasteiger partial charge in [0.15, 0.2) is 0 Å². The van der Waals surface area contributed by atoms with Crippen molar-refractivity contribution >= 4 is 35.1 Å². The third kappa shape index (κ3) is 2.61. The highest BCUT2D eigenvalue weighted by Gasteiger charge is 2.47. The number of rotatable bonds is 3. The Kier molecular flexibility index (Phi) is 3.83. The van der Waals surface area contributed by atoms with E-state index in [-0.39, 0.29) is 5.91 Å². The minimum atomic E-state index is -0.610. The molecule has 0 radical (unpaired) electrons. The smallest absolute Gasteiger partial charge is 0.237 e. The largest absolute Gasteiger partial charge is 0.294 e. The number of anilines is 1. The summed E-state index contributed by atoms with van der Waals surface area (Å²) < 4.78 is 0. The molecule has 1 aliphatic rings. The van der Waals surface area contributed by atoms with Crippen LogP contribution in [0.4, 0.5) is 5.95 Å². The van der Waals surface area contributed by atoms with Gasteiger partial charge in [0.05, 0.1) is 5.41 Å². The second-order valence-electron chi connectivity index (χ2n) is 5.09. The average molecular weight is 322 g/mol. The van der Waals surface area contributed by atoms with Crippen molar-refractivity contribution in [1.82, 2.24) is 9.97 Å². The van der Waals surface area contributed by atoms with Crippen LogP contribution < -0.4 is 5.32 Å². The quantitative estimate of drug-likeness (QED) is 0.934. The number of nitrogens with zero attached hydrogens (tertiary/aromatic N) is 2. The van der Waals surface area contributed by atoms with Crippen LogP contribution in [0.2, 0.25) is 10.0 Å². The van der Waals surface area contributed by atoms with Crippen molar-refractivity contribution in [3.63, 3.8) is 0 Å². The van der Waals surface area contributed by atoms with Crippen LogP contribution in [0.25, 0.3) is 0 Å². The van der Waals surface area contributed by atoms with Crippen molar-refractivity contribution in [2.75, 3.05) is 5.32 Å². The van der Waals surface area contributed by atoms with Gasteiger partial charge in [0.25, 0.3) is 0 Å². The highest BCUT2D eigenvalue weighted by molar-refractivity contribution is 6.35. The van der Waals surface area contributed by atoms with E-state index in [2.05, 4.69) is 15.3 Å². The molecule has 0 atom stereocenters. The van der Waals surface area contributed by atoms with Crippen molar-refractivity contribution in [3.05, 3.63) is 52.3 Å². The molecule has 1 aliphatic carbocycles. The van der Waals surface area contributed by atoms with E-state index >= 15 is 0 Å². The summed E-state index contributed by atoms with van der Waals surface area (Å²) in [6.07, 6.45) is 5.68. The molecule has 2 aromatic rings. The summed E-state index contributed by atoms with van der Waals surface area (Å²) in [5.74, 6) is 0.183. The van der Waals surface area contributed by atoms with Crippen LogP contribution in [-0.2, 0) is 10.2 Å². The van der Waals surface area contributed by atoms with Crippen LogP contribution in [0.5, 0.6) is 0 Å². The van der Waals surface area contributed by atoms with E-state index in [1.807, 2.05) is 6.07 Å². The third-order valence-electron chi connectivity index (χ3n) is 3.88. The molecule has 0 unspecified atom stereocenters. The number of benzene rings is 1. The number of carbonyl (C=O) groups excluding carboxylic acids is 1. The molecule has 1 fully saturated rings. The normalized spacial score (nSPS) is 16.1. The van der Waals surface area contributed by atoms with E-state index in [9.17, 15) is 4.79 Å². The summed E-state index contributed by atoms with van der Waals surface area (Å²) in [7, 11) is 0.